The molecule has 4 nitrogen and oxygen atoms in total. The van der Waals surface area contributed by atoms with Crippen LogP contribution in [0, 0.1) is 12.7 Å². The number of thiazole rings is 1. The van der Waals surface area contributed by atoms with Crippen molar-refractivity contribution in [2.45, 2.75) is 20.4 Å². The Kier molecular flexibility index (Phi) is 4.90. The second-order valence-corrected chi connectivity index (χ2v) is 5.79. The SMILES string of the molecule is CCOC(=O)c1nc(N(C)Cc2ccc(F)cc2)sc1C. The molecule has 112 valence electrons. The summed E-state index contributed by atoms with van der Waals surface area (Å²) in [6.07, 6.45) is 0. The number of halogens is 1. The summed E-state index contributed by atoms with van der Waals surface area (Å²) in [6, 6.07) is 6.33. The number of carbonyl (C=O) groups is 1. The van der Waals surface area contributed by atoms with Crippen LogP contribution in [0.3, 0.4) is 0 Å². The fourth-order valence-electron chi connectivity index (χ4n) is 1.87. The molecule has 21 heavy (non-hydrogen) atoms. The van der Waals surface area contributed by atoms with Gasteiger partial charge in [0, 0.05) is 18.5 Å². The van der Waals surface area contributed by atoms with Gasteiger partial charge in [-0.15, -0.1) is 11.3 Å². The van der Waals surface area contributed by atoms with Gasteiger partial charge in [0.15, 0.2) is 10.8 Å². The monoisotopic (exact) mass is 308 g/mol. The van der Waals surface area contributed by atoms with Crippen molar-refractivity contribution in [3.8, 4) is 0 Å². The lowest BCUT2D eigenvalue weighted by molar-refractivity contribution is 0.0519. The van der Waals surface area contributed by atoms with Crippen LogP contribution in [0.1, 0.15) is 27.9 Å². The molecule has 0 aliphatic rings. The van der Waals surface area contributed by atoms with E-state index in [0.29, 0.717) is 18.8 Å². The molecule has 0 aliphatic carbocycles. The Bertz CT molecular complexity index is 625. The van der Waals surface area contributed by atoms with Gasteiger partial charge in [0.05, 0.1) is 6.61 Å². The van der Waals surface area contributed by atoms with E-state index in [2.05, 4.69) is 4.98 Å². The zero-order chi connectivity index (χ0) is 15.4. The molecular weight excluding hydrogens is 291 g/mol. The summed E-state index contributed by atoms with van der Waals surface area (Å²) in [6.45, 7) is 4.53. The predicted octanol–water partition coefficient (Wildman–Crippen LogP) is 3.40. The Morgan fingerprint density at radius 2 is 2.05 bits per heavy atom. The Labute approximate surface area is 127 Å². The third kappa shape index (κ3) is 3.78. The second-order valence-electron chi connectivity index (χ2n) is 4.60. The first-order valence-corrected chi connectivity index (χ1v) is 7.43. The van der Waals surface area contributed by atoms with Gasteiger partial charge in [-0.1, -0.05) is 12.1 Å². The highest BCUT2D eigenvalue weighted by molar-refractivity contribution is 7.15. The second kappa shape index (κ2) is 6.67. The highest BCUT2D eigenvalue weighted by atomic mass is 32.1. The number of aromatic nitrogens is 1. The Morgan fingerprint density at radius 1 is 1.38 bits per heavy atom. The molecule has 0 spiro atoms. The van der Waals surface area contributed by atoms with Crippen molar-refractivity contribution in [2.24, 2.45) is 0 Å². The van der Waals surface area contributed by atoms with Gasteiger partial charge in [-0.25, -0.2) is 14.2 Å². The molecule has 2 aromatic rings. The van der Waals surface area contributed by atoms with Gasteiger partial charge in [0.25, 0.3) is 0 Å². The maximum absolute atomic E-state index is 12.9. The molecule has 0 radical (unpaired) electrons. The minimum Gasteiger partial charge on any atom is -0.461 e. The molecule has 6 heteroatoms. The van der Waals surface area contributed by atoms with E-state index in [1.54, 1.807) is 19.1 Å². The molecule has 0 atom stereocenters. The smallest absolute Gasteiger partial charge is 0.358 e. The lowest BCUT2D eigenvalue weighted by Crippen LogP contribution is -2.16. The summed E-state index contributed by atoms with van der Waals surface area (Å²) in [5.74, 6) is -0.649. The average Bonchev–Trinajstić information content (AvgIpc) is 2.84. The van der Waals surface area contributed by atoms with E-state index < -0.39 is 5.97 Å². The Morgan fingerprint density at radius 3 is 2.67 bits per heavy atom. The van der Waals surface area contributed by atoms with Crippen molar-refractivity contribution < 1.29 is 13.9 Å². The van der Waals surface area contributed by atoms with Crippen LogP contribution in [0.5, 0.6) is 0 Å². The van der Waals surface area contributed by atoms with Gasteiger partial charge in [-0.2, -0.15) is 0 Å². The van der Waals surface area contributed by atoms with Gasteiger partial charge in [-0.05, 0) is 31.5 Å². The number of benzene rings is 1. The van der Waals surface area contributed by atoms with Crippen LogP contribution in [0.15, 0.2) is 24.3 Å². The van der Waals surface area contributed by atoms with E-state index in [-0.39, 0.29) is 5.82 Å². The molecule has 1 aromatic carbocycles. The highest BCUT2D eigenvalue weighted by Gasteiger charge is 2.18. The largest absolute Gasteiger partial charge is 0.461 e. The first-order chi connectivity index (χ1) is 10.0. The molecule has 2 rings (SSSR count). The number of rotatable bonds is 5. The van der Waals surface area contributed by atoms with Crippen LogP contribution >= 0.6 is 11.3 Å². The normalized spacial score (nSPS) is 10.5. The van der Waals surface area contributed by atoms with Crippen LogP contribution in [0.25, 0.3) is 0 Å². The lowest BCUT2D eigenvalue weighted by atomic mass is 10.2. The molecule has 0 amide bonds. The van der Waals surface area contributed by atoms with Crippen LogP contribution < -0.4 is 4.90 Å². The summed E-state index contributed by atoms with van der Waals surface area (Å²) >= 11 is 1.44. The van der Waals surface area contributed by atoms with Crippen molar-refractivity contribution in [1.29, 1.82) is 0 Å². The molecule has 0 saturated heterocycles. The number of esters is 1. The lowest BCUT2D eigenvalue weighted by Gasteiger charge is -2.15. The van der Waals surface area contributed by atoms with Gasteiger partial charge >= 0.3 is 5.97 Å². The van der Waals surface area contributed by atoms with Gasteiger partial charge in [0.2, 0.25) is 0 Å². The maximum atomic E-state index is 12.9. The molecule has 0 aliphatic heterocycles. The number of anilines is 1. The summed E-state index contributed by atoms with van der Waals surface area (Å²) < 4.78 is 17.9. The number of ether oxygens (including phenoxy) is 1. The number of nitrogens with zero attached hydrogens (tertiary/aromatic N) is 2. The summed E-state index contributed by atoms with van der Waals surface area (Å²) in [5, 5.41) is 0.736. The predicted molar refractivity (Wildman–Crippen MR) is 81.3 cm³/mol. The number of carbonyl (C=O) groups excluding carboxylic acids is 1. The van der Waals surface area contributed by atoms with Gasteiger partial charge < -0.3 is 9.64 Å². The third-order valence-corrected chi connectivity index (χ3v) is 4.00. The molecular formula is C15H17FN2O2S. The fourth-order valence-corrected chi connectivity index (χ4v) is 2.72. The molecule has 0 fully saturated rings. The summed E-state index contributed by atoms with van der Waals surface area (Å²) in [7, 11) is 1.89. The summed E-state index contributed by atoms with van der Waals surface area (Å²) in [5.41, 5.74) is 1.34. The van der Waals surface area contributed by atoms with Crippen LogP contribution in [-0.4, -0.2) is 24.6 Å². The first kappa shape index (κ1) is 15.4. The molecule has 0 saturated carbocycles. The van der Waals surface area contributed by atoms with Crippen molar-refractivity contribution in [1.82, 2.24) is 4.98 Å². The molecule has 1 aromatic heterocycles. The van der Waals surface area contributed by atoms with Crippen molar-refractivity contribution >= 4 is 22.4 Å². The minimum atomic E-state index is -0.396. The van der Waals surface area contributed by atoms with E-state index in [4.69, 9.17) is 4.74 Å². The van der Waals surface area contributed by atoms with Crippen molar-refractivity contribution in [3.63, 3.8) is 0 Å². The number of aryl methyl sites for hydroxylation is 1. The standard InChI is InChI=1S/C15H17FN2O2S/c1-4-20-14(19)13-10(2)21-15(17-13)18(3)9-11-5-7-12(16)8-6-11/h5-8H,4,9H2,1-3H3. The van der Waals surface area contributed by atoms with E-state index in [9.17, 15) is 9.18 Å². The summed E-state index contributed by atoms with van der Waals surface area (Å²) in [4.78, 5) is 18.8. The van der Waals surface area contributed by atoms with Crippen LogP contribution in [0.4, 0.5) is 9.52 Å². The maximum Gasteiger partial charge on any atom is 0.358 e. The van der Waals surface area contributed by atoms with Gasteiger partial charge in [-0.3, -0.25) is 0 Å². The quantitative estimate of drug-likeness (QED) is 0.794. The number of hydrogen-bond acceptors (Lipinski definition) is 5. The first-order valence-electron chi connectivity index (χ1n) is 6.61. The molecule has 0 bridgehead atoms. The Balaban J connectivity index is 2.12. The third-order valence-electron chi connectivity index (χ3n) is 2.91. The van der Waals surface area contributed by atoms with E-state index in [0.717, 1.165) is 15.6 Å². The van der Waals surface area contributed by atoms with E-state index in [1.807, 2.05) is 18.9 Å². The van der Waals surface area contributed by atoms with E-state index >= 15 is 0 Å². The van der Waals surface area contributed by atoms with E-state index in [1.165, 1.54) is 23.5 Å². The Hall–Kier alpha value is -1.95. The van der Waals surface area contributed by atoms with Crippen molar-refractivity contribution in [2.75, 3.05) is 18.6 Å². The highest BCUT2D eigenvalue weighted by Crippen LogP contribution is 2.26. The molecule has 0 unspecified atom stereocenters. The van der Waals surface area contributed by atoms with Crippen molar-refractivity contribution in [3.05, 3.63) is 46.2 Å². The van der Waals surface area contributed by atoms with Crippen LogP contribution in [0.2, 0.25) is 0 Å². The van der Waals surface area contributed by atoms with Crippen LogP contribution in [-0.2, 0) is 11.3 Å². The molecule has 0 N–H and O–H groups in total. The minimum absolute atomic E-state index is 0.254. The topological polar surface area (TPSA) is 42.4 Å². The fraction of sp³-hybridized carbons (Fsp3) is 0.333. The number of hydrogen-bond donors (Lipinski definition) is 0. The zero-order valence-corrected chi connectivity index (χ0v) is 13.0. The van der Waals surface area contributed by atoms with Gasteiger partial charge in [0.1, 0.15) is 5.82 Å². The zero-order valence-electron chi connectivity index (χ0n) is 12.2. The average molecular weight is 308 g/mol. The molecule has 1 heterocycles.